The Bertz CT molecular complexity index is 622. The Kier molecular flexibility index (Phi) is 5.26. The molecule has 2 N–H and O–H groups in total. The summed E-state index contributed by atoms with van der Waals surface area (Å²) in [4.78, 5) is 2.38. The molecular weight excluding hydrogens is 291 g/mol. The second kappa shape index (κ2) is 7.57. The van der Waals surface area contributed by atoms with Crippen LogP contribution in [0.15, 0.2) is 48.5 Å². The van der Waals surface area contributed by atoms with Gasteiger partial charge in [-0.25, -0.2) is 4.39 Å². The van der Waals surface area contributed by atoms with Crippen molar-refractivity contribution in [2.45, 2.75) is 32.0 Å². The maximum atomic E-state index is 13.0. The highest BCUT2D eigenvalue weighted by atomic mass is 19.1. The third-order valence-electron chi connectivity index (χ3n) is 4.36. The van der Waals surface area contributed by atoms with E-state index in [1.807, 2.05) is 6.07 Å². The predicted octanol–water partition coefficient (Wildman–Crippen LogP) is 3.39. The summed E-state index contributed by atoms with van der Waals surface area (Å²) in [5, 5.41) is 13.1. The van der Waals surface area contributed by atoms with Crippen LogP contribution in [0.1, 0.15) is 24.0 Å². The molecule has 1 heterocycles. The van der Waals surface area contributed by atoms with Crippen molar-refractivity contribution in [2.75, 3.05) is 18.4 Å². The van der Waals surface area contributed by atoms with Crippen LogP contribution in [0.25, 0.3) is 0 Å². The molecule has 0 atom stereocenters. The van der Waals surface area contributed by atoms with Crippen LogP contribution in [-0.2, 0) is 13.1 Å². The smallest absolute Gasteiger partial charge is 0.123 e. The predicted molar refractivity (Wildman–Crippen MR) is 90.7 cm³/mol. The largest absolute Gasteiger partial charge is 0.393 e. The number of piperidine rings is 1. The number of rotatable bonds is 5. The highest BCUT2D eigenvalue weighted by molar-refractivity contribution is 5.51. The van der Waals surface area contributed by atoms with Gasteiger partial charge in [0.25, 0.3) is 0 Å². The number of para-hydroxylation sites is 1. The number of benzene rings is 2. The van der Waals surface area contributed by atoms with Gasteiger partial charge in [0.2, 0.25) is 0 Å². The monoisotopic (exact) mass is 314 g/mol. The number of aliphatic hydroxyl groups excluding tert-OH is 1. The second-order valence-electron chi connectivity index (χ2n) is 6.14. The summed E-state index contributed by atoms with van der Waals surface area (Å²) in [6.07, 6.45) is 1.56. The van der Waals surface area contributed by atoms with Gasteiger partial charge in [0.1, 0.15) is 5.82 Å². The molecule has 0 bridgehead atoms. The maximum absolute atomic E-state index is 13.0. The zero-order valence-electron chi connectivity index (χ0n) is 13.2. The van der Waals surface area contributed by atoms with Crippen LogP contribution in [0.3, 0.4) is 0 Å². The quantitative estimate of drug-likeness (QED) is 0.888. The van der Waals surface area contributed by atoms with Crippen molar-refractivity contribution in [3.63, 3.8) is 0 Å². The van der Waals surface area contributed by atoms with Gasteiger partial charge in [-0.1, -0.05) is 30.3 Å². The first-order valence-electron chi connectivity index (χ1n) is 8.17. The SMILES string of the molecule is OC1CCN(Cc2ccccc2NCc2ccc(F)cc2)CC1. The summed E-state index contributed by atoms with van der Waals surface area (Å²) in [6, 6.07) is 14.9. The van der Waals surface area contributed by atoms with E-state index in [9.17, 15) is 9.50 Å². The summed E-state index contributed by atoms with van der Waals surface area (Å²) < 4.78 is 13.0. The average molecular weight is 314 g/mol. The molecule has 2 aromatic rings. The minimum Gasteiger partial charge on any atom is -0.393 e. The Balaban J connectivity index is 1.62. The van der Waals surface area contributed by atoms with Crippen molar-refractivity contribution in [2.24, 2.45) is 0 Å². The third kappa shape index (κ3) is 4.53. The Morgan fingerprint density at radius 1 is 1.04 bits per heavy atom. The van der Waals surface area contributed by atoms with E-state index < -0.39 is 0 Å². The number of anilines is 1. The molecule has 0 radical (unpaired) electrons. The fraction of sp³-hybridized carbons (Fsp3) is 0.368. The van der Waals surface area contributed by atoms with Crippen LogP contribution < -0.4 is 5.32 Å². The lowest BCUT2D eigenvalue weighted by Crippen LogP contribution is -2.35. The number of hydrogen-bond acceptors (Lipinski definition) is 3. The van der Waals surface area contributed by atoms with Crippen molar-refractivity contribution in [3.05, 3.63) is 65.5 Å². The molecule has 3 nitrogen and oxygen atoms in total. The van der Waals surface area contributed by atoms with Crippen molar-refractivity contribution in [1.29, 1.82) is 0 Å². The fourth-order valence-electron chi connectivity index (χ4n) is 2.95. The van der Waals surface area contributed by atoms with E-state index in [0.29, 0.717) is 6.54 Å². The highest BCUT2D eigenvalue weighted by Crippen LogP contribution is 2.20. The van der Waals surface area contributed by atoms with Crippen LogP contribution in [0.2, 0.25) is 0 Å². The van der Waals surface area contributed by atoms with E-state index in [1.165, 1.54) is 17.7 Å². The molecule has 23 heavy (non-hydrogen) atoms. The van der Waals surface area contributed by atoms with Gasteiger partial charge in [0, 0.05) is 31.9 Å². The topological polar surface area (TPSA) is 35.5 Å². The third-order valence-corrected chi connectivity index (χ3v) is 4.36. The number of hydrogen-bond donors (Lipinski definition) is 2. The first kappa shape index (κ1) is 16.0. The first-order chi connectivity index (χ1) is 11.2. The summed E-state index contributed by atoms with van der Waals surface area (Å²) >= 11 is 0. The van der Waals surface area contributed by atoms with Crippen molar-refractivity contribution in [3.8, 4) is 0 Å². The molecule has 0 aromatic heterocycles. The van der Waals surface area contributed by atoms with Gasteiger partial charge >= 0.3 is 0 Å². The second-order valence-corrected chi connectivity index (χ2v) is 6.14. The number of likely N-dealkylation sites (tertiary alicyclic amines) is 1. The van der Waals surface area contributed by atoms with Gasteiger partial charge in [0.15, 0.2) is 0 Å². The lowest BCUT2D eigenvalue weighted by molar-refractivity contribution is 0.0793. The van der Waals surface area contributed by atoms with Gasteiger partial charge in [-0.15, -0.1) is 0 Å². The molecule has 0 amide bonds. The summed E-state index contributed by atoms with van der Waals surface area (Å²) in [6.45, 7) is 3.44. The molecule has 122 valence electrons. The molecule has 2 aromatic carbocycles. The first-order valence-corrected chi connectivity index (χ1v) is 8.17. The van der Waals surface area contributed by atoms with E-state index >= 15 is 0 Å². The van der Waals surface area contributed by atoms with Crippen LogP contribution in [0.4, 0.5) is 10.1 Å². The minimum atomic E-state index is -0.207. The summed E-state index contributed by atoms with van der Waals surface area (Å²) in [5.74, 6) is -0.207. The molecule has 1 aliphatic rings. The minimum absolute atomic E-state index is 0.141. The van der Waals surface area contributed by atoms with Gasteiger partial charge in [-0.2, -0.15) is 0 Å². The molecule has 0 spiro atoms. The van der Waals surface area contributed by atoms with E-state index in [2.05, 4.69) is 28.4 Å². The molecule has 1 aliphatic heterocycles. The fourth-order valence-corrected chi connectivity index (χ4v) is 2.95. The molecule has 0 saturated carbocycles. The maximum Gasteiger partial charge on any atom is 0.123 e. The van der Waals surface area contributed by atoms with Crippen molar-refractivity contribution < 1.29 is 9.50 Å². The normalized spacial score (nSPS) is 16.4. The average Bonchev–Trinajstić information content (AvgIpc) is 2.58. The number of aliphatic hydroxyl groups is 1. The molecule has 1 saturated heterocycles. The lowest BCUT2D eigenvalue weighted by Gasteiger charge is -2.30. The van der Waals surface area contributed by atoms with Gasteiger partial charge < -0.3 is 10.4 Å². The van der Waals surface area contributed by atoms with Crippen LogP contribution in [-0.4, -0.2) is 29.2 Å². The van der Waals surface area contributed by atoms with Crippen LogP contribution >= 0.6 is 0 Å². The summed E-state index contributed by atoms with van der Waals surface area (Å²) in [5.41, 5.74) is 3.43. The molecule has 3 rings (SSSR count). The molecule has 1 fully saturated rings. The summed E-state index contributed by atoms with van der Waals surface area (Å²) in [7, 11) is 0. The van der Waals surface area contributed by atoms with Gasteiger partial charge in [-0.05, 0) is 42.2 Å². The standard InChI is InChI=1S/C19H23FN2O/c20-17-7-5-15(6-8-17)13-21-19-4-2-1-3-16(19)14-22-11-9-18(23)10-12-22/h1-8,18,21,23H,9-14H2. The Morgan fingerprint density at radius 3 is 2.48 bits per heavy atom. The highest BCUT2D eigenvalue weighted by Gasteiger charge is 2.17. The van der Waals surface area contributed by atoms with E-state index in [1.54, 1.807) is 12.1 Å². The zero-order valence-corrected chi connectivity index (χ0v) is 13.2. The molecule has 4 heteroatoms. The Morgan fingerprint density at radius 2 is 1.74 bits per heavy atom. The lowest BCUT2D eigenvalue weighted by atomic mass is 10.1. The van der Waals surface area contributed by atoms with Crippen LogP contribution in [0.5, 0.6) is 0 Å². The molecule has 0 unspecified atom stereocenters. The zero-order chi connectivity index (χ0) is 16.1. The van der Waals surface area contributed by atoms with E-state index in [4.69, 9.17) is 0 Å². The number of nitrogens with one attached hydrogen (secondary N) is 1. The van der Waals surface area contributed by atoms with Crippen molar-refractivity contribution >= 4 is 5.69 Å². The van der Waals surface area contributed by atoms with E-state index in [0.717, 1.165) is 43.7 Å². The molecular formula is C19H23FN2O. The Labute approximate surface area is 136 Å². The molecule has 0 aliphatic carbocycles. The van der Waals surface area contributed by atoms with Crippen LogP contribution in [0, 0.1) is 5.82 Å². The van der Waals surface area contributed by atoms with Gasteiger partial charge in [0.05, 0.1) is 6.10 Å². The van der Waals surface area contributed by atoms with Crippen molar-refractivity contribution in [1.82, 2.24) is 4.90 Å². The number of nitrogens with zero attached hydrogens (tertiary/aromatic N) is 1. The Hall–Kier alpha value is -1.91. The van der Waals surface area contributed by atoms with Gasteiger partial charge in [-0.3, -0.25) is 4.90 Å². The number of halogens is 1. The van der Waals surface area contributed by atoms with E-state index in [-0.39, 0.29) is 11.9 Å².